The molecule has 0 amide bonds. The number of pyridine rings is 1. The summed E-state index contributed by atoms with van der Waals surface area (Å²) in [4.78, 5) is 29.2. The molecule has 462 valence electrons. The molecule has 19 rings (SSSR count). The molecule has 99 heavy (non-hydrogen) atoms. The number of hydrogen-bond donors (Lipinski definition) is 0. The first-order valence-corrected chi connectivity index (χ1v) is 33.5. The molecule has 0 unspecified atom stereocenters. The van der Waals surface area contributed by atoms with E-state index in [1.165, 1.54) is 0 Å². The zero-order chi connectivity index (χ0) is 65.3. The van der Waals surface area contributed by atoms with Crippen LogP contribution in [0.1, 0.15) is 0 Å². The topological polar surface area (TPSA) is 79.2 Å². The van der Waals surface area contributed by atoms with Crippen LogP contribution in [0, 0.1) is 0 Å². The van der Waals surface area contributed by atoms with E-state index < -0.39 is 0 Å². The van der Waals surface area contributed by atoms with E-state index in [0.717, 1.165) is 172 Å². The van der Waals surface area contributed by atoms with Crippen LogP contribution in [0.15, 0.2) is 352 Å². The summed E-state index contributed by atoms with van der Waals surface area (Å²) in [6.07, 6.45) is 0. The average molecular weight is 1260 g/mol. The van der Waals surface area contributed by atoms with Gasteiger partial charge in [0.1, 0.15) is 0 Å². The summed E-state index contributed by atoms with van der Waals surface area (Å²) >= 11 is 0. The van der Waals surface area contributed by atoms with Crippen LogP contribution in [-0.4, -0.2) is 38.6 Å². The normalized spacial score (nSPS) is 11.6. The Morgan fingerprint density at radius 3 is 1.00 bits per heavy atom. The van der Waals surface area contributed by atoms with E-state index in [2.05, 4.69) is 359 Å². The SMILES string of the molecule is c1ccc(-c2ccc3c(c2)c2ccc(-c4cccc(-c5ccccc5)n4)cc2n3-c2c(-n3c4ccccc4c4ccccc43)cc(-c3nc(-c4ccccc4)cc(-c4ccccc4)n3)c(-n3c4ccccc4c4ccccc43)c2-c2nc(-c3ccccc3)cc(-c3ccccc3)n2)cc1. The number of benzene rings is 13. The van der Waals surface area contributed by atoms with Crippen molar-refractivity contribution in [2.45, 2.75) is 0 Å². The molecule has 6 heterocycles. The lowest BCUT2D eigenvalue weighted by Gasteiger charge is -2.26. The Balaban J connectivity index is 1.08. The van der Waals surface area contributed by atoms with Gasteiger partial charge in [-0.2, -0.15) is 0 Å². The van der Waals surface area contributed by atoms with Crippen molar-refractivity contribution >= 4 is 65.4 Å². The molecule has 0 fully saturated rings. The molecule has 0 N–H and O–H groups in total. The number of hydrogen-bond acceptors (Lipinski definition) is 5. The lowest BCUT2D eigenvalue weighted by Crippen LogP contribution is -2.13. The van der Waals surface area contributed by atoms with E-state index in [0.29, 0.717) is 11.6 Å². The van der Waals surface area contributed by atoms with Crippen LogP contribution in [0.4, 0.5) is 0 Å². The van der Waals surface area contributed by atoms with Crippen LogP contribution in [0.25, 0.3) is 184 Å². The maximum Gasteiger partial charge on any atom is 0.164 e. The van der Waals surface area contributed by atoms with Crippen molar-refractivity contribution in [1.29, 1.82) is 0 Å². The summed E-state index contributed by atoms with van der Waals surface area (Å²) < 4.78 is 7.42. The van der Waals surface area contributed by atoms with Gasteiger partial charge in [0.05, 0.1) is 89.9 Å². The highest BCUT2D eigenvalue weighted by atomic mass is 15.1. The van der Waals surface area contributed by atoms with E-state index in [4.69, 9.17) is 24.9 Å². The second-order valence-electron chi connectivity index (χ2n) is 25.1. The summed E-state index contributed by atoms with van der Waals surface area (Å²) in [5, 5.41) is 6.52. The summed E-state index contributed by atoms with van der Waals surface area (Å²) in [6.45, 7) is 0. The molecule has 0 saturated carbocycles. The zero-order valence-corrected chi connectivity index (χ0v) is 53.6. The fourth-order valence-electron chi connectivity index (χ4n) is 14.8. The third-order valence-electron chi connectivity index (χ3n) is 19.3. The minimum Gasteiger partial charge on any atom is -0.308 e. The predicted molar refractivity (Wildman–Crippen MR) is 407 cm³/mol. The van der Waals surface area contributed by atoms with Crippen molar-refractivity contribution in [2.24, 2.45) is 0 Å². The third-order valence-corrected chi connectivity index (χ3v) is 19.3. The van der Waals surface area contributed by atoms with Crippen LogP contribution < -0.4 is 0 Å². The second kappa shape index (κ2) is 23.8. The second-order valence-corrected chi connectivity index (χ2v) is 25.1. The molecule has 0 radical (unpaired) electrons. The highest BCUT2D eigenvalue weighted by molar-refractivity contribution is 6.16. The first kappa shape index (κ1) is 57.1. The van der Waals surface area contributed by atoms with Gasteiger partial charge in [-0.05, 0) is 83.9 Å². The van der Waals surface area contributed by atoms with Gasteiger partial charge in [-0.15, -0.1) is 0 Å². The van der Waals surface area contributed by atoms with E-state index in [1.807, 2.05) is 6.07 Å². The number of para-hydroxylation sites is 4. The summed E-state index contributed by atoms with van der Waals surface area (Å²) in [5.74, 6) is 1.02. The number of rotatable bonds is 12. The highest BCUT2D eigenvalue weighted by Crippen LogP contribution is 2.51. The van der Waals surface area contributed by atoms with E-state index in [-0.39, 0.29) is 0 Å². The molecular formula is C91H58N8. The van der Waals surface area contributed by atoms with E-state index in [1.54, 1.807) is 0 Å². The summed E-state index contributed by atoms with van der Waals surface area (Å²) in [6, 6.07) is 125. The Kier molecular flexibility index (Phi) is 13.7. The Bertz CT molecular complexity index is 6100. The Morgan fingerprint density at radius 2 is 0.535 bits per heavy atom. The quantitative estimate of drug-likeness (QED) is 0.122. The summed E-state index contributed by atoms with van der Waals surface area (Å²) in [5.41, 5.74) is 22.8. The smallest absolute Gasteiger partial charge is 0.164 e. The van der Waals surface area contributed by atoms with Gasteiger partial charge in [-0.3, -0.25) is 0 Å². The van der Waals surface area contributed by atoms with E-state index >= 15 is 0 Å². The molecular weight excluding hydrogens is 1210 g/mol. The van der Waals surface area contributed by atoms with Crippen LogP contribution in [0.5, 0.6) is 0 Å². The molecule has 8 heteroatoms. The molecule has 0 aliphatic heterocycles. The average Bonchev–Trinajstić information content (AvgIpc) is 1.60. The van der Waals surface area contributed by atoms with Gasteiger partial charge in [0.25, 0.3) is 0 Å². The molecule has 0 saturated heterocycles. The van der Waals surface area contributed by atoms with Gasteiger partial charge < -0.3 is 13.7 Å². The lowest BCUT2D eigenvalue weighted by atomic mass is 9.97. The Morgan fingerprint density at radius 1 is 0.182 bits per heavy atom. The molecule has 0 spiro atoms. The Hall–Kier alpha value is -13.4. The number of nitrogens with zero attached hydrogens (tertiary/aromatic N) is 8. The van der Waals surface area contributed by atoms with Gasteiger partial charge in [0.2, 0.25) is 0 Å². The number of fused-ring (bicyclic) bond motifs is 9. The standard InChI is InChI=1S/C91H58N8/c1-7-28-59(29-8-1)65-51-53-84-72(54-65)71-52-50-66(75-45-27-44-74(92-75)60-30-9-2-10-31-60)55-85(71)99(84)89-86(97-80-46-23-19-40-67(80)68-41-20-24-47-81(68)97)56-73(90-93-76(61-32-11-3-12-33-61)57-77(94-90)62-34-13-4-14-35-62)88(98-82-48-25-21-42-69(82)70-43-22-26-49-83(70)98)87(89)91-95-78(63-36-15-5-16-37-63)58-79(96-91)64-38-17-6-18-39-64/h1-58H. The van der Waals surface area contributed by atoms with Crippen molar-refractivity contribution in [3.63, 3.8) is 0 Å². The number of aromatic nitrogens is 8. The maximum absolute atomic E-state index is 6.03. The summed E-state index contributed by atoms with van der Waals surface area (Å²) in [7, 11) is 0. The molecule has 0 aliphatic carbocycles. The molecule has 0 aliphatic rings. The largest absolute Gasteiger partial charge is 0.308 e. The van der Waals surface area contributed by atoms with Crippen LogP contribution in [0.3, 0.4) is 0 Å². The minimum absolute atomic E-state index is 0.498. The van der Waals surface area contributed by atoms with Gasteiger partial charge in [0.15, 0.2) is 11.6 Å². The Labute approximate surface area is 571 Å². The van der Waals surface area contributed by atoms with Gasteiger partial charge >= 0.3 is 0 Å². The van der Waals surface area contributed by atoms with Crippen LogP contribution in [0.2, 0.25) is 0 Å². The monoisotopic (exact) mass is 1260 g/mol. The van der Waals surface area contributed by atoms with Gasteiger partial charge in [0, 0.05) is 71.3 Å². The highest BCUT2D eigenvalue weighted by Gasteiger charge is 2.33. The van der Waals surface area contributed by atoms with Crippen molar-refractivity contribution in [3.05, 3.63) is 352 Å². The first-order chi connectivity index (χ1) is 49.1. The van der Waals surface area contributed by atoms with E-state index in [9.17, 15) is 0 Å². The molecule has 6 aromatic heterocycles. The zero-order valence-electron chi connectivity index (χ0n) is 53.6. The minimum atomic E-state index is 0.498. The molecule has 19 aromatic rings. The van der Waals surface area contributed by atoms with Crippen molar-refractivity contribution < 1.29 is 0 Å². The van der Waals surface area contributed by atoms with Gasteiger partial charge in [-0.1, -0.05) is 279 Å². The molecule has 13 aromatic carbocycles. The third kappa shape index (κ3) is 9.80. The van der Waals surface area contributed by atoms with Crippen LogP contribution in [-0.2, 0) is 0 Å². The lowest BCUT2D eigenvalue weighted by molar-refractivity contribution is 1.06. The first-order valence-electron chi connectivity index (χ1n) is 33.5. The van der Waals surface area contributed by atoms with Crippen molar-refractivity contribution in [3.8, 4) is 119 Å². The van der Waals surface area contributed by atoms with Crippen molar-refractivity contribution in [2.75, 3.05) is 0 Å². The fourth-order valence-corrected chi connectivity index (χ4v) is 14.8. The molecule has 8 nitrogen and oxygen atoms in total. The fraction of sp³-hybridized carbons (Fsp3) is 0. The van der Waals surface area contributed by atoms with Gasteiger partial charge in [-0.25, -0.2) is 24.9 Å². The molecule has 0 bridgehead atoms. The maximum atomic E-state index is 6.03. The predicted octanol–water partition coefficient (Wildman–Crippen LogP) is 23.0. The van der Waals surface area contributed by atoms with Crippen LogP contribution >= 0.6 is 0 Å². The molecule has 0 atom stereocenters. The van der Waals surface area contributed by atoms with Crippen molar-refractivity contribution in [1.82, 2.24) is 38.6 Å².